The Bertz CT molecular complexity index is 794. The number of carboxylic acid groups (broad SMARTS) is 1. The molecule has 0 bridgehead atoms. The lowest BCUT2D eigenvalue weighted by atomic mass is 10.0. The first-order valence-electron chi connectivity index (χ1n) is 10.1. The highest BCUT2D eigenvalue weighted by Gasteiger charge is 2.33. The summed E-state index contributed by atoms with van der Waals surface area (Å²) >= 11 is 7.79. The molecule has 29 heavy (non-hydrogen) atoms. The minimum atomic E-state index is -0.910. The first-order valence-corrected chi connectivity index (χ1v) is 11.3. The van der Waals surface area contributed by atoms with Crippen molar-refractivity contribution in [3.05, 3.63) is 51.7 Å². The van der Waals surface area contributed by atoms with Crippen LogP contribution < -0.4 is 4.90 Å². The maximum absolute atomic E-state index is 11.0. The summed E-state index contributed by atoms with van der Waals surface area (Å²) in [6, 6.07) is 11.5. The van der Waals surface area contributed by atoms with Crippen LogP contribution in [0.15, 0.2) is 36.4 Å². The van der Waals surface area contributed by atoms with E-state index in [1.165, 1.54) is 11.3 Å². The standard InChI is InChI=1S/C22H28ClNO4S/c1-2-3-4-20(25)15-5-7-16(8-6-15)24-12-11-18(23)19(24)14-28-13-17-9-10-21(29-17)22(26)27/h5-10,18-20,25H,2-4,11-14H2,1H3,(H,26,27). The molecular weight excluding hydrogens is 410 g/mol. The third-order valence-electron chi connectivity index (χ3n) is 5.31. The van der Waals surface area contributed by atoms with E-state index >= 15 is 0 Å². The first kappa shape index (κ1) is 22.1. The summed E-state index contributed by atoms with van der Waals surface area (Å²) in [5.41, 5.74) is 2.03. The van der Waals surface area contributed by atoms with Gasteiger partial charge in [0.1, 0.15) is 4.88 Å². The van der Waals surface area contributed by atoms with Gasteiger partial charge in [-0.3, -0.25) is 0 Å². The third-order valence-corrected chi connectivity index (χ3v) is 6.87. The molecule has 0 spiro atoms. The topological polar surface area (TPSA) is 70.0 Å². The van der Waals surface area contributed by atoms with Crippen LogP contribution >= 0.6 is 22.9 Å². The molecule has 0 saturated carbocycles. The Kier molecular flexibility index (Phi) is 7.95. The summed E-state index contributed by atoms with van der Waals surface area (Å²) in [4.78, 5) is 14.5. The number of carbonyl (C=O) groups is 1. The maximum atomic E-state index is 11.0. The Morgan fingerprint density at radius 2 is 2.07 bits per heavy atom. The summed E-state index contributed by atoms with van der Waals surface area (Å²) in [5.74, 6) is -0.910. The van der Waals surface area contributed by atoms with Crippen molar-refractivity contribution in [2.24, 2.45) is 0 Å². The molecule has 2 aromatic rings. The molecule has 5 nitrogen and oxygen atoms in total. The number of hydrogen-bond acceptors (Lipinski definition) is 5. The number of ether oxygens (including phenoxy) is 1. The smallest absolute Gasteiger partial charge is 0.345 e. The first-order chi connectivity index (χ1) is 14.0. The Labute approximate surface area is 180 Å². The van der Waals surface area contributed by atoms with E-state index in [0.717, 1.165) is 48.4 Å². The van der Waals surface area contributed by atoms with Gasteiger partial charge in [-0.05, 0) is 42.7 Å². The molecule has 1 fully saturated rings. The third kappa shape index (κ3) is 5.72. The van der Waals surface area contributed by atoms with E-state index in [1.54, 1.807) is 12.1 Å². The minimum Gasteiger partial charge on any atom is -0.477 e. The second-order valence-corrected chi connectivity index (χ2v) is 9.13. The lowest BCUT2D eigenvalue weighted by Crippen LogP contribution is -2.37. The number of rotatable bonds is 10. The molecule has 1 aliphatic heterocycles. The summed E-state index contributed by atoms with van der Waals surface area (Å²) in [6.07, 6.45) is 3.35. The zero-order valence-corrected chi connectivity index (χ0v) is 18.2. The molecule has 1 saturated heterocycles. The molecule has 1 aliphatic rings. The van der Waals surface area contributed by atoms with Crippen molar-refractivity contribution in [3.63, 3.8) is 0 Å². The largest absolute Gasteiger partial charge is 0.477 e. The Balaban J connectivity index is 1.57. The molecule has 158 valence electrons. The second-order valence-electron chi connectivity index (χ2n) is 7.40. The monoisotopic (exact) mass is 437 g/mol. The van der Waals surface area contributed by atoms with E-state index < -0.39 is 12.1 Å². The number of alkyl halides is 1. The van der Waals surface area contributed by atoms with Crippen LogP contribution in [-0.2, 0) is 11.3 Å². The van der Waals surface area contributed by atoms with Crippen molar-refractivity contribution < 1.29 is 19.7 Å². The quantitative estimate of drug-likeness (QED) is 0.507. The molecule has 1 aromatic heterocycles. The predicted molar refractivity (Wildman–Crippen MR) is 117 cm³/mol. The van der Waals surface area contributed by atoms with E-state index in [9.17, 15) is 9.90 Å². The number of aliphatic hydroxyl groups excluding tert-OH is 1. The second kappa shape index (κ2) is 10.4. The summed E-state index contributed by atoms with van der Waals surface area (Å²) in [5, 5.41) is 19.3. The summed E-state index contributed by atoms with van der Waals surface area (Å²) in [6.45, 7) is 3.85. The van der Waals surface area contributed by atoms with Crippen LogP contribution in [0.2, 0.25) is 0 Å². The zero-order valence-electron chi connectivity index (χ0n) is 16.6. The van der Waals surface area contributed by atoms with Crippen LogP contribution in [0.5, 0.6) is 0 Å². The van der Waals surface area contributed by atoms with Gasteiger partial charge >= 0.3 is 5.97 Å². The van der Waals surface area contributed by atoms with Crippen LogP contribution in [-0.4, -0.2) is 40.8 Å². The summed E-state index contributed by atoms with van der Waals surface area (Å²) in [7, 11) is 0. The van der Waals surface area contributed by atoms with Gasteiger partial charge in [0.2, 0.25) is 0 Å². The Morgan fingerprint density at radius 1 is 1.31 bits per heavy atom. The lowest BCUT2D eigenvalue weighted by Gasteiger charge is -2.28. The van der Waals surface area contributed by atoms with Gasteiger partial charge in [-0.15, -0.1) is 22.9 Å². The molecule has 0 amide bonds. The van der Waals surface area contributed by atoms with Crippen LogP contribution in [0, 0.1) is 0 Å². The number of benzene rings is 1. The van der Waals surface area contributed by atoms with Gasteiger partial charge in [0, 0.05) is 17.1 Å². The molecule has 3 atom stereocenters. The van der Waals surface area contributed by atoms with Gasteiger partial charge in [-0.2, -0.15) is 0 Å². The predicted octanol–water partition coefficient (Wildman–Crippen LogP) is 5.07. The Hall–Kier alpha value is -1.60. The fourth-order valence-electron chi connectivity index (χ4n) is 3.63. The van der Waals surface area contributed by atoms with Gasteiger partial charge in [-0.25, -0.2) is 4.79 Å². The van der Waals surface area contributed by atoms with Crippen molar-refractivity contribution in [1.82, 2.24) is 0 Å². The fraction of sp³-hybridized carbons (Fsp3) is 0.500. The molecule has 3 rings (SSSR count). The molecular formula is C22H28ClNO4S. The highest BCUT2D eigenvalue weighted by molar-refractivity contribution is 7.13. The van der Waals surface area contributed by atoms with Crippen molar-refractivity contribution in [2.45, 2.75) is 56.7 Å². The number of halogens is 1. The maximum Gasteiger partial charge on any atom is 0.345 e. The highest BCUT2D eigenvalue weighted by atomic mass is 35.5. The molecule has 1 aromatic carbocycles. The van der Waals surface area contributed by atoms with E-state index in [1.807, 2.05) is 24.3 Å². The molecule has 2 heterocycles. The average molecular weight is 438 g/mol. The van der Waals surface area contributed by atoms with Crippen molar-refractivity contribution in [1.29, 1.82) is 0 Å². The van der Waals surface area contributed by atoms with Gasteiger partial charge in [0.05, 0.1) is 30.7 Å². The lowest BCUT2D eigenvalue weighted by molar-refractivity contribution is 0.0702. The number of unbranched alkanes of at least 4 members (excludes halogenated alkanes) is 1. The van der Waals surface area contributed by atoms with Crippen molar-refractivity contribution in [2.75, 3.05) is 18.1 Å². The Morgan fingerprint density at radius 3 is 2.72 bits per heavy atom. The number of anilines is 1. The molecule has 3 unspecified atom stereocenters. The highest BCUT2D eigenvalue weighted by Crippen LogP contribution is 2.31. The number of thiophene rings is 1. The van der Waals surface area contributed by atoms with Gasteiger partial charge in [0.25, 0.3) is 0 Å². The minimum absolute atomic E-state index is 0.00253. The van der Waals surface area contributed by atoms with E-state index in [2.05, 4.69) is 11.8 Å². The van der Waals surface area contributed by atoms with E-state index in [0.29, 0.717) is 18.1 Å². The van der Waals surface area contributed by atoms with Gasteiger partial charge in [0.15, 0.2) is 0 Å². The molecule has 0 radical (unpaired) electrons. The zero-order chi connectivity index (χ0) is 20.8. The van der Waals surface area contributed by atoms with Crippen LogP contribution in [0.4, 0.5) is 5.69 Å². The summed E-state index contributed by atoms with van der Waals surface area (Å²) < 4.78 is 5.88. The normalized spacial score (nSPS) is 20.2. The van der Waals surface area contributed by atoms with Gasteiger partial charge in [-0.1, -0.05) is 31.9 Å². The number of aliphatic hydroxyl groups is 1. The van der Waals surface area contributed by atoms with Crippen molar-refractivity contribution in [3.8, 4) is 0 Å². The number of hydrogen-bond donors (Lipinski definition) is 2. The van der Waals surface area contributed by atoms with E-state index in [4.69, 9.17) is 21.4 Å². The SMILES string of the molecule is CCCCC(O)c1ccc(N2CCC(Cl)C2COCc2ccc(C(=O)O)s2)cc1. The van der Waals surface area contributed by atoms with Crippen LogP contribution in [0.25, 0.3) is 0 Å². The number of aromatic carboxylic acids is 1. The molecule has 7 heteroatoms. The average Bonchev–Trinajstić information content (AvgIpc) is 3.34. The molecule has 2 N–H and O–H groups in total. The van der Waals surface area contributed by atoms with Crippen molar-refractivity contribution >= 4 is 34.6 Å². The fourth-order valence-corrected chi connectivity index (χ4v) is 4.72. The van der Waals surface area contributed by atoms with Gasteiger partial charge < -0.3 is 19.8 Å². The number of nitrogens with zero attached hydrogens (tertiary/aromatic N) is 1. The number of carboxylic acids is 1. The van der Waals surface area contributed by atoms with E-state index in [-0.39, 0.29) is 11.4 Å². The van der Waals surface area contributed by atoms with Crippen LogP contribution in [0.3, 0.4) is 0 Å². The van der Waals surface area contributed by atoms with Crippen LogP contribution in [0.1, 0.15) is 58.8 Å². The molecule has 0 aliphatic carbocycles.